The molecule has 158 valence electrons. The monoisotopic (exact) mass is 518 g/mol. The molecule has 5 aliphatic rings. The number of halogens is 1. The highest BCUT2D eigenvalue weighted by atomic mass is 127. The van der Waals surface area contributed by atoms with Gasteiger partial charge in [0.2, 0.25) is 11.8 Å². The van der Waals surface area contributed by atoms with Gasteiger partial charge in [-0.25, -0.2) is 4.90 Å². The minimum atomic E-state index is -0.727. The predicted octanol–water partition coefficient (Wildman–Crippen LogP) is 4.15. The second-order valence-corrected chi connectivity index (χ2v) is 11.0. The van der Waals surface area contributed by atoms with E-state index < -0.39 is 6.04 Å². The van der Waals surface area contributed by atoms with Crippen molar-refractivity contribution in [1.29, 1.82) is 0 Å². The fourth-order valence-electron chi connectivity index (χ4n) is 6.89. The first-order valence-corrected chi connectivity index (χ1v) is 12.0. The van der Waals surface area contributed by atoms with Crippen molar-refractivity contribution in [2.45, 2.75) is 51.0 Å². The Hall–Kier alpha value is -1.70. The van der Waals surface area contributed by atoms with E-state index in [2.05, 4.69) is 29.2 Å². The summed E-state index contributed by atoms with van der Waals surface area (Å²) in [4.78, 5) is 43.0. The largest absolute Gasteiger partial charge is 0.326 e. The summed E-state index contributed by atoms with van der Waals surface area (Å²) in [6.45, 7) is 4.14. The summed E-state index contributed by atoms with van der Waals surface area (Å²) < 4.78 is 1.04. The van der Waals surface area contributed by atoms with Crippen molar-refractivity contribution in [3.05, 3.63) is 40.5 Å². The molecule has 4 aliphatic carbocycles. The molecule has 1 heterocycles. The molecule has 1 atom stereocenters. The third kappa shape index (κ3) is 3.22. The molecule has 4 bridgehead atoms. The summed E-state index contributed by atoms with van der Waals surface area (Å²) >= 11 is 2.19. The average Bonchev–Trinajstić information content (AvgIpc) is 2.99. The number of rotatable bonds is 5. The van der Waals surface area contributed by atoms with Crippen LogP contribution in [0.5, 0.6) is 0 Å². The van der Waals surface area contributed by atoms with Crippen molar-refractivity contribution in [2.24, 2.45) is 23.2 Å². The Morgan fingerprint density at radius 3 is 2.20 bits per heavy atom. The lowest BCUT2D eigenvalue weighted by molar-refractivity contribution is -0.160. The zero-order chi connectivity index (χ0) is 21.0. The summed E-state index contributed by atoms with van der Waals surface area (Å²) in [6.07, 6.45) is 8.35. The number of nitrogens with zero attached hydrogens (tertiary/aromatic N) is 2. The van der Waals surface area contributed by atoms with E-state index in [1.807, 2.05) is 12.1 Å². The van der Waals surface area contributed by atoms with Crippen LogP contribution in [0.25, 0.3) is 0 Å². The minimum Gasteiger partial charge on any atom is -0.326 e. The molecule has 0 radical (unpaired) electrons. The SMILES string of the molecule is C=CCN(C(=O)C12CC3CC(CC(C3)C1)C2)C1CC(=O)N(c2ccc(I)cc2)C1=O. The predicted molar refractivity (Wildman–Crippen MR) is 123 cm³/mol. The lowest BCUT2D eigenvalue weighted by Crippen LogP contribution is -2.57. The molecular weight excluding hydrogens is 491 g/mol. The maximum absolute atomic E-state index is 13.9. The quantitative estimate of drug-likeness (QED) is 0.335. The van der Waals surface area contributed by atoms with Gasteiger partial charge in [0.15, 0.2) is 0 Å². The summed E-state index contributed by atoms with van der Waals surface area (Å²) in [5.41, 5.74) is 0.242. The summed E-state index contributed by atoms with van der Waals surface area (Å²) in [5, 5.41) is 0. The van der Waals surface area contributed by atoms with Gasteiger partial charge in [-0.1, -0.05) is 6.08 Å². The number of amides is 3. The van der Waals surface area contributed by atoms with Crippen molar-refractivity contribution < 1.29 is 14.4 Å². The van der Waals surface area contributed by atoms with Crippen molar-refractivity contribution >= 4 is 46.0 Å². The van der Waals surface area contributed by atoms with Gasteiger partial charge in [0.05, 0.1) is 17.5 Å². The molecule has 6 heteroatoms. The summed E-state index contributed by atoms with van der Waals surface area (Å²) in [5.74, 6) is 1.50. The van der Waals surface area contributed by atoms with Gasteiger partial charge in [-0.05, 0) is 103 Å². The highest BCUT2D eigenvalue weighted by molar-refractivity contribution is 14.1. The average molecular weight is 518 g/mol. The Bertz CT molecular complexity index is 874. The van der Waals surface area contributed by atoms with E-state index in [0.717, 1.165) is 22.8 Å². The molecular formula is C24H27IN2O3. The summed E-state index contributed by atoms with van der Waals surface area (Å²) in [6, 6.07) is 6.62. The van der Waals surface area contributed by atoms with Gasteiger partial charge in [0.25, 0.3) is 5.91 Å². The molecule has 1 aliphatic heterocycles. The Balaban J connectivity index is 1.43. The molecule has 5 nitrogen and oxygen atoms in total. The highest BCUT2D eigenvalue weighted by Gasteiger charge is 2.57. The van der Waals surface area contributed by atoms with Gasteiger partial charge >= 0.3 is 0 Å². The topological polar surface area (TPSA) is 57.7 Å². The van der Waals surface area contributed by atoms with Gasteiger partial charge in [0, 0.05) is 10.1 Å². The fraction of sp³-hybridized carbons (Fsp3) is 0.542. The molecule has 1 saturated heterocycles. The van der Waals surface area contributed by atoms with E-state index in [1.165, 1.54) is 24.2 Å². The molecule has 0 N–H and O–H groups in total. The van der Waals surface area contributed by atoms with E-state index in [9.17, 15) is 14.4 Å². The first kappa shape index (κ1) is 20.2. The first-order valence-electron chi connectivity index (χ1n) is 10.9. The van der Waals surface area contributed by atoms with Crippen LogP contribution < -0.4 is 4.90 Å². The third-order valence-corrected chi connectivity index (χ3v) is 8.38. The van der Waals surface area contributed by atoms with Gasteiger partial charge in [-0.2, -0.15) is 0 Å². The minimum absolute atomic E-state index is 0.0523. The van der Waals surface area contributed by atoms with Crippen LogP contribution in [0.2, 0.25) is 0 Å². The summed E-state index contributed by atoms with van der Waals surface area (Å²) in [7, 11) is 0. The van der Waals surface area contributed by atoms with Gasteiger partial charge in [-0.3, -0.25) is 14.4 Å². The van der Waals surface area contributed by atoms with Gasteiger partial charge < -0.3 is 4.90 Å². The Morgan fingerprint density at radius 2 is 1.67 bits per heavy atom. The molecule has 5 fully saturated rings. The molecule has 1 aromatic carbocycles. The van der Waals surface area contributed by atoms with E-state index in [1.54, 1.807) is 23.1 Å². The molecule has 1 unspecified atom stereocenters. The van der Waals surface area contributed by atoms with Gasteiger partial charge in [0.1, 0.15) is 6.04 Å². The number of anilines is 1. The Kier molecular flexibility index (Phi) is 5.03. The standard InChI is InChI=1S/C24H27IN2O3/c1-2-7-26(23(30)24-12-15-8-16(13-24)10-17(9-15)14-24)20-11-21(28)27(22(20)29)19-5-3-18(25)4-6-19/h2-6,15-17,20H,1,7-14H2. The van der Waals surface area contributed by atoms with Crippen LogP contribution in [0, 0.1) is 26.7 Å². The molecule has 0 spiro atoms. The molecule has 30 heavy (non-hydrogen) atoms. The maximum Gasteiger partial charge on any atom is 0.257 e. The number of imide groups is 1. The number of benzene rings is 1. The van der Waals surface area contributed by atoms with E-state index in [-0.39, 0.29) is 29.6 Å². The number of carbonyl (C=O) groups excluding carboxylic acids is 3. The van der Waals surface area contributed by atoms with E-state index in [4.69, 9.17) is 0 Å². The lowest BCUT2D eigenvalue weighted by atomic mass is 9.49. The normalized spacial score (nSPS) is 34.5. The Morgan fingerprint density at radius 1 is 1.10 bits per heavy atom. The van der Waals surface area contributed by atoms with Gasteiger partial charge in [-0.15, -0.1) is 6.58 Å². The van der Waals surface area contributed by atoms with Crippen LogP contribution in [0.15, 0.2) is 36.9 Å². The van der Waals surface area contributed by atoms with E-state index in [0.29, 0.717) is 30.0 Å². The van der Waals surface area contributed by atoms with Crippen LogP contribution >= 0.6 is 22.6 Å². The van der Waals surface area contributed by atoms with Crippen molar-refractivity contribution in [1.82, 2.24) is 4.90 Å². The first-order chi connectivity index (χ1) is 14.4. The lowest BCUT2D eigenvalue weighted by Gasteiger charge is -2.56. The fourth-order valence-corrected chi connectivity index (χ4v) is 7.25. The molecule has 0 aromatic heterocycles. The van der Waals surface area contributed by atoms with Crippen molar-refractivity contribution in [2.75, 3.05) is 11.4 Å². The smallest absolute Gasteiger partial charge is 0.257 e. The molecule has 3 amide bonds. The van der Waals surface area contributed by atoms with Crippen molar-refractivity contribution in [3.63, 3.8) is 0 Å². The Labute approximate surface area is 191 Å². The van der Waals surface area contributed by atoms with Crippen molar-refractivity contribution in [3.8, 4) is 0 Å². The zero-order valence-electron chi connectivity index (χ0n) is 17.1. The van der Waals surface area contributed by atoms with Crippen LogP contribution in [-0.4, -0.2) is 35.2 Å². The number of carbonyl (C=O) groups is 3. The number of hydrogen-bond donors (Lipinski definition) is 0. The third-order valence-electron chi connectivity index (χ3n) is 7.66. The van der Waals surface area contributed by atoms with Crippen LogP contribution in [0.1, 0.15) is 44.9 Å². The second-order valence-electron chi connectivity index (χ2n) is 9.71. The maximum atomic E-state index is 13.9. The molecule has 1 aromatic rings. The van der Waals surface area contributed by atoms with Crippen LogP contribution in [-0.2, 0) is 14.4 Å². The van der Waals surface area contributed by atoms with Crippen LogP contribution in [0.3, 0.4) is 0 Å². The van der Waals surface area contributed by atoms with E-state index >= 15 is 0 Å². The number of hydrogen-bond acceptors (Lipinski definition) is 3. The molecule has 6 rings (SSSR count). The molecule has 4 saturated carbocycles. The van der Waals surface area contributed by atoms with Crippen LogP contribution in [0.4, 0.5) is 5.69 Å². The highest BCUT2D eigenvalue weighted by Crippen LogP contribution is 2.60. The second kappa shape index (κ2) is 7.46. The zero-order valence-corrected chi connectivity index (χ0v) is 19.2.